The van der Waals surface area contributed by atoms with Crippen molar-refractivity contribution in [2.75, 3.05) is 32.8 Å². The Labute approximate surface area is 126 Å². The van der Waals surface area contributed by atoms with E-state index >= 15 is 0 Å². The van der Waals surface area contributed by atoms with E-state index in [0.29, 0.717) is 6.54 Å². The topological polar surface area (TPSA) is 49.8 Å². The first kappa shape index (κ1) is 16.0. The van der Waals surface area contributed by atoms with Crippen LogP contribution in [0, 0.1) is 11.8 Å². The number of nitrogens with zero attached hydrogens (tertiary/aromatic N) is 1. The lowest BCUT2D eigenvalue weighted by Gasteiger charge is -2.14. The largest absolute Gasteiger partial charge is 0.481 e. The molecule has 1 saturated heterocycles. The lowest BCUT2D eigenvalue weighted by atomic mass is 9.99. The monoisotopic (exact) mass is 291 g/mol. The normalized spacial score (nSPS) is 22.5. The van der Waals surface area contributed by atoms with Crippen molar-refractivity contribution in [2.24, 2.45) is 11.8 Å². The number of carboxylic acids is 1. The molecule has 0 saturated carbocycles. The van der Waals surface area contributed by atoms with Gasteiger partial charge in [-0.15, -0.1) is 0 Å². The highest BCUT2D eigenvalue weighted by molar-refractivity contribution is 5.71. The van der Waals surface area contributed by atoms with Gasteiger partial charge in [-0.1, -0.05) is 37.3 Å². The summed E-state index contributed by atoms with van der Waals surface area (Å²) in [7, 11) is 0. The molecule has 1 aromatic rings. The molecule has 0 amide bonds. The second-order valence-corrected chi connectivity index (χ2v) is 5.88. The average molecular weight is 291 g/mol. The van der Waals surface area contributed by atoms with Gasteiger partial charge in [0.15, 0.2) is 0 Å². The number of likely N-dealkylation sites (tertiary alicyclic amines) is 1. The fourth-order valence-electron chi connectivity index (χ4n) is 2.90. The molecule has 4 nitrogen and oxygen atoms in total. The summed E-state index contributed by atoms with van der Waals surface area (Å²) in [6.45, 7) is 6.02. The van der Waals surface area contributed by atoms with Crippen molar-refractivity contribution in [3.8, 4) is 0 Å². The van der Waals surface area contributed by atoms with Crippen LogP contribution in [0.25, 0.3) is 0 Å². The molecule has 1 heterocycles. The number of hydrogen-bond donors (Lipinski definition) is 1. The van der Waals surface area contributed by atoms with Gasteiger partial charge >= 0.3 is 5.97 Å². The van der Waals surface area contributed by atoms with Gasteiger partial charge in [-0.3, -0.25) is 4.79 Å². The number of rotatable bonds is 8. The highest BCUT2D eigenvalue weighted by atomic mass is 16.5. The summed E-state index contributed by atoms with van der Waals surface area (Å²) in [5, 5.41) is 9.10. The van der Waals surface area contributed by atoms with E-state index in [2.05, 4.69) is 17.0 Å². The number of hydrogen-bond acceptors (Lipinski definition) is 3. The van der Waals surface area contributed by atoms with Gasteiger partial charge in [-0.25, -0.2) is 0 Å². The van der Waals surface area contributed by atoms with Gasteiger partial charge in [0, 0.05) is 26.2 Å². The maximum absolute atomic E-state index is 11.1. The molecular weight excluding hydrogens is 266 g/mol. The first-order valence-electron chi connectivity index (χ1n) is 7.73. The van der Waals surface area contributed by atoms with Crippen molar-refractivity contribution in [3.63, 3.8) is 0 Å². The Hall–Kier alpha value is -1.39. The van der Waals surface area contributed by atoms with Crippen LogP contribution in [0.2, 0.25) is 0 Å². The maximum atomic E-state index is 11.1. The number of carbonyl (C=O) groups is 1. The number of ether oxygens (including phenoxy) is 1. The minimum absolute atomic E-state index is 0.205. The van der Waals surface area contributed by atoms with Gasteiger partial charge in [0.25, 0.3) is 0 Å². The number of aliphatic carboxylic acids is 1. The van der Waals surface area contributed by atoms with E-state index in [1.807, 2.05) is 25.1 Å². The Bertz CT molecular complexity index is 435. The quantitative estimate of drug-likeness (QED) is 0.747. The van der Waals surface area contributed by atoms with Gasteiger partial charge in [-0.2, -0.15) is 0 Å². The van der Waals surface area contributed by atoms with Crippen LogP contribution >= 0.6 is 0 Å². The van der Waals surface area contributed by atoms with Crippen LogP contribution in [0.1, 0.15) is 18.9 Å². The number of benzene rings is 1. The fourth-order valence-corrected chi connectivity index (χ4v) is 2.90. The van der Waals surface area contributed by atoms with Gasteiger partial charge in [-0.05, 0) is 24.3 Å². The molecule has 0 unspecified atom stereocenters. The van der Waals surface area contributed by atoms with Crippen LogP contribution in [0.5, 0.6) is 0 Å². The summed E-state index contributed by atoms with van der Waals surface area (Å²) in [6.07, 6.45) is 1.91. The zero-order valence-corrected chi connectivity index (χ0v) is 12.7. The molecule has 0 spiro atoms. The molecule has 2 rings (SSSR count). The average Bonchev–Trinajstić information content (AvgIpc) is 2.85. The van der Waals surface area contributed by atoms with E-state index in [1.165, 1.54) is 5.56 Å². The zero-order chi connectivity index (χ0) is 15.1. The second-order valence-electron chi connectivity index (χ2n) is 5.88. The van der Waals surface area contributed by atoms with Gasteiger partial charge in [0.1, 0.15) is 0 Å². The fraction of sp³-hybridized carbons (Fsp3) is 0.588. The second kappa shape index (κ2) is 8.15. The molecule has 1 aliphatic heterocycles. The highest BCUT2D eigenvalue weighted by Crippen LogP contribution is 2.22. The standard InChI is InChI=1S/C17H25NO3/c1-14-12-18(13-16(14)17(19)20)9-5-10-21-11-8-15-6-3-2-4-7-15/h2-4,6-7,14,16H,5,8-13H2,1H3,(H,19,20)/t14-,16-/m1/s1. The molecule has 4 heteroatoms. The lowest BCUT2D eigenvalue weighted by Crippen LogP contribution is -2.25. The first-order valence-corrected chi connectivity index (χ1v) is 7.73. The molecular formula is C17H25NO3. The van der Waals surface area contributed by atoms with Crippen molar-refractivity contribution in [1.29, 1.82) is 0 Å². The molecule has 1 N–H and O–H groups in total. The lowest BCUT2D eigenvalue weighted by molar-refractivity contribution is -0.142. The van der Waals surface area contributed by atoms with Crippen LogP contribution in [0.3, 0.4) is 0 Å². The van der Waals surface area contributed by atoms with E-state index in [1.54, 1.807) is 0 Å². The third kappa shape index (κ3) is 5.14. The molecule has 1 aliphatic rings. The Balaban J connectivity index is 1.53. The van der Waals surface area contributed by atoms with E-state index < -0.39 is 5.97 Å². The summed E-state index contributed by atoms with van der Waals surface area (Å²) in [6, 6.07) is 10.3. The van der Waals surface area contributed by atoms with Crippen LogP contribution in [0.4, 0.5) is 0 Å². The van der Waals surface area contributed by atoms with Gasteiger partial charge in [0.2, 0.25) is 0 Å². The molecule has 0 bridgehead atoms. The predicted octanol–water partition coefficient (Wildman–Crippen LogP) is 2.29. The Morgan fingerprint density at radius 2 is 2.05 bits per heavy atom. The molecule has 21 heavy (non-hydrogen) atoms. The summed E-state index contributed by atoms with van der Waals surface area (Å²) >= 11 is 0. The minimum Gasteiger partial charge on any atom is -0.481 e. The third-order valence-electron chi connectivity index (χ3n) is 4.15. The van der Waals surface area contributed by atoms with E-state index in [0.717, 1.165) is 39.1 Å². The predicted molar refractivity (Wildman–Crippen MR) is 82.3 cm³/mol. The summed E-state index contributed by atoms with van der Waals surface area (Å²) < 4.78 is 5.66. The molecule has 0 aliphatic carbocycles. The van der Waals surface area contributed by atoms with Crippen LogP contribution in [0.15, 0.2) is 30.3 Å². The molecule has 2 atom stereocenters. The van der Waals surface area contributed by atoms with E-state index in [9.17, 15) is 4.79 Å². The van der Waals surface area contributed by atoms with Crippen molar-refractivity contribution in [3.05, 3.63) is 35.9 Å². The van der Waals surface area contributed by atoms with Gasteiger partial charge in [0.05, 0.1) is 12.5 Å². The van der Waals surface area contributed by atoms with Crippen molar-refractivity contribution >= 4 is 5.97 Å². The summed E-state index contributed by atoms with van der Waals surface area (Å²) in [5.74, 6) is -0.616. The SMILES string of the molecule is C[C@@H]1CN(CCCOCCc2ccccc2)C[C@H]1C(=O)O. The molecule has 1 aromatic carbocycles. The Morgan fingerprint density at radius 1 is 1.29 bits per heavy atom. The molecule has 1 fully saturated rings. The van der Waals surface area contributed by atoms with Crippen molar-refractivity contribution in [1.82, 2.24) is 4.90 Å². The first-order chi connectivity index (χ1) is 10.2. The van der Waals surface area contributed by atoms with E-state index in [-0.39, 0.29) is 11.8 Å². The van der Waals surface area contributed by atoms with Crippen LogP contribution in [-0.4, -0.2) is 48.8 Å². The minimum atomic E-state index is -0.663. The maximum Gasteiger partial charge on any atom is 0.308 e. The van der Waals surface area contributed by atoms with Crippen LogP contribution in [-0.2, 0) is 16.0 Å². The Morgan fingerprint density at radius 3 is 2.71 bits per heavy atom. The Kier molecular flexibility index (Phi) is 6.21. The summed E-state index contributed by atoms with van der Waals surface area (Å²) in [5.41, 5.74) is 1.30. The summed E-state index contributed by atoms with van der Waals surface area (Å²) in [4.78, 5) is 13.3. The molecule has 0 aromatic heterocycles. The smallest absolute Gasteiger partial charge is 0.308 e. The van der Waals surface area contributed by atoms with E-state index in [4.69, 9.17) is 9.84 Å². The zero-order valence-electron chi connectivity index (χ0n) is 12.7. The molecule has 0 radical (unpaired) electrons. The molecule has 116 valence electrons. The van der Waals surface area contributed by atoms with Gasteiger partial charge < -0.3 is 14.7 Å². The number of carboxylic acid groups (broad SMARTS) is 1. The highest BCUT2D eigenvalue weighted by Gasteiger charge is 2.34. The van der Waals surface area contributed by atoms with Crippen molar-refractivity contribution in [2.45, 2.75) is 19.8 Å². The van der Waals surface area contributed by atoms with Crippen LogP contribution < -0.4 is 0 Å². The third-order valence-corrected chi connectivity index (χ3v) is 4.15. The van der Waals surface area contributed by atoms with Crippen molar-refractivity contribution < 1.29 is 14.6 Å².